The first kappa shape index (κ1) is 13.5. The molecule has 0 aliphatic carbocycles. The third-order valence-electron chi connectivity index (χ3n) is 1.79. The molecule has 0 N–H and O–H groups in total. The third kappa shape index (κ3) is 4.07. The summed E-state index contributed by atoms with van der Waals surface area (Å²) in [5.74, 6) is -1.00. The van der Waals surface area contributed by atoms with Crippen LogP contribution in [0.3, 0.4) is 0 Å². The van der Waals surface area contributed by atoms with Crippen LogP contribution in [0.4, 0.5) is 4.39 Å². The lowest BCUT2D eigenvalue weighted by molar-refractivity contribution is -0.137. The Hall–Kier alpha value is -1.55. The average Bonchev–Trinajstić information content (AvgIpc) is 2.25. The highest BCUT2D eigenvalue weighted by atomic mass is 35.5. The van der Waals surface area contributed by atoms with Crippen molar-refractivity contribution in [3.8, 4) is 5.75 Å². The molecule has 0 aromatic heterocycles. The van der Waals surface area contributed by atoms with E-state index in [2.05, 4.69) is 4.74 Å². The normalized spacial score (nSPS) is 11.2. The number of halogens is 2. The molecule has 1 aromatic carbocycles. The van der Waals surface area contributed by atoms with Gasteiger partial charge in [0.25, 0.3) is 0 Å². The van der Waals surface area contributed by atoms with E-state index in [0.29, 0.717) is 0 Å². The summed E-state index contributed by atoms with van der Waals surface area (Å²) < 4.78 is 23.3. The van der Waals surface area contributed by atoms with E-state index in [1.165, 1.54) is 19.1 Å². The molecule has 0 aliphatic heterocycles. The molecular weight excluding hydrogens is 247 g/mol. The van der Waals surface area contributed by atoms with Crippen molar-refractivity contribution < 1.29 is 18.7 Å². The number of hydrogen-bond donors (Lipinski definition) is 0. The topological polar surface area (TPSA) is 35.5 Å². The summed E-state index contributed by atoms with van der Waals surface area (Å²) in [6, 6.07) is 4.39. The zero-order valence-corrected chi connectivity index (χ0v) is 10.3. The van der Waals surface area contributed by atoms with E-state index in [9.17, 15) is 9.18 Å². The molecule has 0 radical (unpaired) electrons. The molecule has 1 aromatic rings. The van der Waals surface area contributed by atoms with Gasteiger partial charge in [0.05, 0.1) is 17.7 Å². The van der Waals surface area contributed by atoms with E-state index in [-0.39, 0.29) is 23.1 Å². The Bertz CT molecular complexity index is 443. The van der Waals surface area contributed by atoms with E-state index in [0.717, 1.165) is 6.08 Å². The fourth-order valence-electron chi connectivity index (χ4n) is 1.12. The lowest BCUT2D eigenvalue weighted by Gasteiger charge is -2.07. The van der Waals surface area contributed by atoms with Gasteiger partial charge in [-0.2, -0.15) is 0 Å². The van der Waals surface area contributed by atoms with Crippen LogP contribution < -0.4 is 4.74 Å². The summed E-state index contributed by atoms with van der Waals surface area (Å²) in [7, 11) is 0. The minimum atomic E-state index is -0.661. The molecule has 92 valence electrons. The first-order chi connectivity index (χ1) is 8.04. The molecule has 0 heterocycles. The van der Waals surface area contributed by atoms with Crippen LogP contribution in [0, 0.1) is 5.82 Å². The Morgan fingerprint density at radius 2 is 2.24 bits per heavy atom. The second-order valence-corrected chi connectivity index (χ2v) is 3.57. The van der Waals surface area contributed by atoms with Gasteiger partial charge in [-0.05, 0) is 26.0 Å². The predicted molar refractivity (Wildman–Crippen MR) is 62.4 cm³/mol. The van der Waals surface area contributed by atoms with Gasteiger partial charge in [-0.15, -0.1) is 0 Å². The molecule has 0 atom stereocenters. The summed E-state index contributed by atoms with van der Waals surface area (Å²) in [4.78, 5) is 11.1. The van der Waals surface area contributed by atoms with Crippen LogP contribution in [0.2, 0.25) is 5.02 Å². The lowest BCUT2D eigenvalue weighted by Crippen LogP contribution is -2.03. The minimum Gasteiger partial charge on any atom is -0.463 e. The molecule has 5 heteroatoms. The summed E-state index contributed by atoms with van der Waals surface area (Å²) in [6.45, 7) is 3.49. The van der Waals surface area contributed by atoms with Gasteiger partial charge in [0.1, 0.15) is 5.76 Å². The number of rotatable bonds is 4. The predicted octanol–water partition coefficient (Wildman–Crippen LogP) is 3.32. The van der Waals surface area contributed by atoms with Crippen molar-refractivity contribution in [1.29, 1.82) is 0 Å². The maximum atomic E-state index is 13.4. The highest BCUT2D eigenvalue weighted by Gasteiger charge is 2.08. The van der Waals surface area contributed by atoms with Gasteiger partial charge in [0.15, 0.2) is 11.6 Å². The standard InChI is InChI=1S/C12H12ClFO3/c1-3-16-11(15)7-8(2)17-10-6-4-5-9(13)12(10)14/h4-7H,3H2,1-2H3/b8-7-. The summed E-state index contributed by atoms with van der Waals surface area (Å²) in [6.07, 6.45) is 1.14. The van der Waals surface area contributed by atoms with Gasteiger partial charge in [-0.3, -0.25) is 0 Å². The molecule has 0 saturated carbocycles. The average molecular weight is 259 g/mol. The van der Waals surface area contributed by atoms with Crippen LogP contribution in [0.5, 0.6) is 5.75 Å². The van der Waals surface area contributed by atoms with Gasteiger partial charge < -0.3 is 9.47 Å². The molecule has 0 fully saturated rings. The fourth-order valence-corrected chi connectivity index (χ4v) is 1.28. The van der Waals surface area contributed by atoms with Crippen LogP contribution in [0.1, 0.15) is 13.8 Å². The largest absolute Gasteiger partial charge is 0.463 e. The fraction of sp³-hybridized carbons (Fsp3) is 0.250. The molecule has 0 aliphatic rings. The molecule has 17 heavy (non-hydrogen) atoms. The Labute approximate surface area is 104 Å². The van der Waals surface area contributed by atoms with Crippen molar-refractivity contribution in [3.05, 3.63) is 40.9 Å². The highest BCUT2D eigenvalue weighted by molar-refractivity contribution is 6.30. The first-order valence-electron chi connectivity index (χ1n) is 5.01. The number of hydrogen-bond acceptors (Lipinski definition) is 3. The highest BCUT2D eigenvalue weighted by Crippen LogP contribution is 2.25. The molecule has 1 rings (SSSR count). The Morgan fingerprint density at radius 3 is 2.88 bits per heavy atom. The number of carbonyl (C=O) groups is 1. The Balaban J connectivity index is 2.77. The smallest absolute Gasteiger partial charge is 0.334 e. The zero-order chi connectivity index (χ0) is 12.8. The van der Waals surface area contributed by atoms with Gasteiger partial charge in [-0.1, -0.05) is 17.7 Å². The van der Waals surface area contributed by atoms with Crippen molar-refractivity contribution in [2.45, 2.75) is 13.8 Å². The van der Waals surface area contributed by atoms with Crippen molar-refractivity contribution in [1.82, 2.24) is 0 Å². The van der Waals surface area contributed by atoms with Crippen LogP contribution in [0.25, 0.3) is 0 Å². The quantitative estimate of drug-likeness (QED) is 0.472. The second kappa shape index (κ2) is 6.25. The second-order valence-electron chi connectivity index (χ2n) is 3.16. The van der Waals surface area contributed by atoms with E-state index in [1.807, 2.05) is 0 Å². The maximum absolute atomic E-state index is 13.4. The molecule has 0 amide bonds. The van der Waals surface area contributed by atoms with Crippen molar-refractivity contribution in [3.63, 3.8) is 0 Å². The van der Waals surface area contributed by atoms with Crippen molar-refractivity contribution >= 4 is 17.6 Å². The van der Waals surface area contributed by atoms with Crippen molar-refractivity contribution in [2.24, 2.45) is 0 Å². The van der Waals surface area contributed by atoms with Gasteiger partial charge >= 0.3 is 5.97 Å². The van der Waals surface area contributed by atoms with Gasteiger partial charge in [0, 0.05) is 0 Å². The molecule has 0 spiro atoms. The number of carbonyl (C=O) groups excluding carboxylic acids is 1. The van der Waals surface area contributed by atoms with Crippen LogP contribution in [0.15, 0.2) is 30.0 Å². The van der Waals surface area contributed by atoms with Crippen LogP contribution in [-0.4, -0.2) is 12.6 Å². The van der Waals surface area contributed by atoms with Crippen LogP contribution in [-0.2, 0) is 9.53 Å². The number of allylic oxidation sites excluding steroid dienone is 1. The molecule has 0 unspecified atom stereocenters. The SMILES string of the molecule is CCOC(=O)/C=C(/C)Oc1cccc(Cl)c1F. The molecule has 0 saturated heterocycles. The Morgan fingerprint density at radius 1 is 1.53 bits per heavy atom. The van der Waals surface area contributed by atoms with Crippen molar-refractivity contribution in [2.75, 3.05) is 6.61 Å². The van der Waals surface area contributed by atoms with E-state index in [4.69, 9.17) is 16.3 Å². The number of esters is 1. The summed E-state index contributed by atoms with van der Waals surface area (Å²) in [5.41, 5.74) is 0. The maximum Gasteiger partial charge on any atom is 0.334 e. The zero-order valence-electron chi connectivity index (χ0n) is 9.50. The molecular formula is C12H12ClFO3. The number of benzene rings is 1. The monoisotopic (exact) mass is 258 g/mol. The van der Waals surface area contributed by atoms with Gasteiger partial charge in [-0.25, -0.2) is 9.18 Å². The molecule has 0 bridgehead atoms. The van der Waals surface area contributed by atoms with E-state index >= 15 is 0 Å². The lowest BCUT2D eigenvalue weighted by atomic mass is 10.3. The minimum absolute atomic E-state index is 0.0319. The van der Waals surface area contributed by atoms with E-state index < -0.39 is 11.8 Å². The van der Waals surface area contributed by atoms with E-state index in [1.54, 1.807) is 13.0 Å². The summed E-state index contributed by atoms with van der Waals surface area (Å²) >= 11 is 5.59. The molecule has 3 nitrogen and oxygen atoms in total. The number of ether oxygens (including phenoxy) is 2. The summed E-state index contributed by atoms with van der Waals surface area (Å²) in [5, 5.41) is -0.0357. The van der Waals surface area contributed by atoms with Crippen LogP contribution >= 0.6 is 11.6 Å². The third-order valence-corrected chi connectivity index (χ3v) is 2.09. The first-order valence-corrected chi connectivity index (χ1v) is 5.39. The Kier molecular flexibility index (Phi) is 4.97. The van der Waals surface area contributed by atoms with Gasteiger partial charge in [0.2, 0.25) is 0 Å².